The molecule has 0 atom stereocenters. The van der Waals surface area contributed by atoms with Crippen molar-refractivity contribution < 1.29 is 14.0 Å². The summed E-state index contributed by atoms with van der Waals surface area (Å²) in [6.07, 6.45) is 2.55. The van der Waals surface area contributed by atoms with Crippen molar-refractivity contribution in [2.75, 3.05) is 0 Å². The maximum atomic E-state index is 11.9. The quantitative estimate of drug-likeness (QED) is 0.845. The van der Waals surface area contributed by atoms with Crippen LogP contribution >= 0.6 is 0 Å². The number of amides is 1. The zero-order valence-electron chi connectivity index (χ0n) is 10.1. The molecule has 0 aliphatic heterocycles. The van der Waals surface area contributed by atoms with Crippen LogP contribution in [0, 0.1) is 13.8 Å². The van der Waals surface area contributed by atoms with Gasteiger partial charge in [-0.05, 0) is 19.8 Å². The first-order valence-electron chi connectivity index (χ1n) is 5.83. The van der Waals surface area contributed by atoms with Gasteiger partial charge in [0.2, 0.25) is 5.76 Å². The Balaban J connectivity index is 1.97. The van der Waals surface area contributed by atoms with Crippen molar-refractivity contribution in [2.24, 2.45) is 0 Å². The maximum absolute atomic E-state index is 11.9. The highest BCUT2D eigenvalue weighted by atomic mass is 16.4. The lowest BCUT2D eigenvalue weighted by Crippen LogP contribution is -2.37. The summed E-state index contributed by atoms with van der Waals surface area (Å²) >= 11 is 0. The number of aromatic nitrogens is 1. The van der Waals surface area contributed by atoms with Crippen molar-refractivity contribution in [3.8, 4) is 0 Å². The fraction of sp³-hybridized carbons (Fsp3) is 0.583. The molecule has 1 amide bonds. The average molecular weight is 236 g/mol. The van der Waals surface area contributed by atoms with Crippen LogP contribution in [0.15, 0.2) is 4.42 Å². The molecule has 17 heavy (non-hydrogen) atoms. The number of Topliss-reactive ketones (excluding diaryl/α,β-unsaturated/α-hetero) is 1. The fourth-order valence-corrected chi connectivity index (χ4v) is 2.08. The summed E-state index contributed by atoms with van der Waals surface area (Å²) in [6, 6.07) is 0.0741. The van der Waals surface area contributed by atoms with Crippen LogP contribution in [0.3, 0.4) is 0 Å². The van der Waals surface area contributed by atoms with E-state index in [-0.39, 0.29) is 23.5 Å². The van der Waals surface area contributed by atoms with E-state index in [0.717, 1.165) is 12.8 Å². The van der Waals surface area contributed by atoms with Gasteiger partial charge in [-0.2, -0.15) is 0 Å². The van der Waals surface area contributed by atoms with Gasteiger partial charge in [0, 0.05) is 25.8 Å². The average Bonchev–Trinajstić information content (AvgIpc) is 2.61. The number of carbonyl (C=O) groups excluding carboxylic acids is 2. The molecule has 0 radical (unpaired) electrons. The lowest BCUT2D eigenvalue weighted by Gasteiger charge is -2.21. The molecule has 0 unspecified atom stereocenters. The monoisotopic (exact) mass is 236 g/mol. The first-order chi connectivity index (χ1) is 8.06. The minimum absolute atomic E-state index is 0.0741. The van der Waals surface area contributed by atoms with Crippen molar-refractivity contribution in [2.45, 2.75) is 45.6 Å². The van der Waals surface area contributed by atoms with Crippen LogP contribution in [0.2, 0.25) is 0 Å². The van der Waals surface area contributed by atoms with Crippen LogP contribution in [0.25, 0.3) is 0 Å². The van der Waals surface area contributed by atoms with E-state index in [9.17, 15) is 9.59 Å². The van der Waals surface area contributed by atoms with Gasteiger partial charge in [-0.1, -0.05) is 0 Å². The van der Waals surface area contributed by atoms with Crippen molar-refractivity contribution in [1.82, 2.24) is 10.3 Å². The molecule has 0 bridgehead atoms. The summed E-state index contributed by atoms with van der Waals surface area (Å²) in [5, 5.41) is 2.88. The third kappa shape index (κ3) is 2.72. The van der Waals surface area contributed by atoms with Crippen LogP contribution in [0.5, 0.6) is 0 Å². The molecule has 1 fully saturated rings. The van der Waals surface area contributed by atoms with Crippen LogP contribution in [0.1, 0.15) is 47.8 Å². The van der Waals surface area contributed by atoms with E-state index in [2.05, 4.69) is 10.3 Å². The van der Waals surface area contributed by atoms with E-state index in [0.29, 0.717) is 24.4 Å². The number of nitrogens with one attached hydrogen (secondary N) is 1. The van der Waals surface area contributed by atoms with Crippen LogP contribution < -0.4 is 5.32 Å². The number of nitrogens with zero attached hydrogens (tertiary/aromatic N) is 1. The van der Waals surface area contributed by atoms with Gasteiger partial charge in [-0.15, -0.1) is 0 Å². The highest BCUT2D eigenvalue weighted by molar-refractivity contribution is 5.92. The van der Waals surface area contributed by atoms with E-state index in [4.69, 9.17) is 4.42 Å². The molecule has 2 rings (SSSR count). The Morgan fingerprint density at radius 1 is 1.35 bits per heavy atom. The Morgan fingerprint density at radius 3 is 2.53 bits per heavy atom. The van der Waals surface area contributed by atoms with Crippen LogP contribution in [0.4, 0.5) is 0 Å². The van der Waals surface area contributed by atoms with E-state index in [1.54, 1.807) is 13.8 Å². The minimum atomic E-state index is -0.234. The second-order valence-electron chi connectivity index (χ2n) is 4.43. The fourth-order valence-electron chi connectivity index (χ4n) is 2.08. The van der Waals surface area contributed by atoms with Crippen molar-refractivity contribution in [1.29, 1.82) is 0 Å². The van der Waals surface area contributed by atoms with E-state index < -0.39 is 0 Å². The predicted molar refractivity (Wildman–Crippen MR) is 60.7 cm³/mol. The van der Waals surface area contributed by atoms with Gasteiger partial charge in [0.15, 0.2) is 5.89 Å². The molecule has 1 aliphatic carbocycles. The van der Waals surface area contributed by atoms with Gasteiger partial charge in [0.25, 0.3) is 5.91 Å². The van der Waals surface area contributed by atoms with Crippen molar-refractivity contribution in [3.63, 3.8) is 0 Å². The standard InChI is InChI=1S/C12H16N2O3/c1-7-11(17-8(2)13-7)12(16)14-9-3-5-10(15)6-4-9/h9H,3-6H2,1-2H3,(H,14,16). The Bertz CT molecular complexity index is 441. The zero-order valence-corrected chi connectivity index (χ0v) is 10.1. The summed E-state index contributed by atoms with van der Waals surface area (Å²) in [5.41, 5.74) is 0.604. The topological polar surface area (TPSA) is 72.2 Å². The lowest BCUT2D eigenvalue weighted by molar-refractivity contribution is -0.120. The van der Waals surface area contributed by atoms with Gasteiger partial charge in [0.1, 0.15) is 5.78 Å². The summed E-state index contributed by atoms with van der Waals surface area (Å²) in [5.74, 6) is 0.815. The minimum Gasteiger partial charge on any atom is -0.436 e. The Labute approximate surface area is 99.6 Å². The maximum Gasteiger partial charge on any atom is 0.289 e. The summed E-state index contributed by atoms with van der Waals surface area (Å²) in [6.45, 7) is 3.46. The number of aryl methyl sites for hydroxylation is 2. The molecule has 1 heterocycles. The highest BCUT2D eigenvalue weighted by Gasteiger charge is 2.23. The lowest BCUT2D eigenvalue weighted by atomic mass is 9.94. The first kappa shape index (κ1) is 11.8. The third-order valence-electron chi connectivity index (χ3n) is 2.99. The van der Waals surface area contributed by atoms with Gasteiger partial charge in [0.05, 0.1) is 5.69 Å². The Hall–Kier alpha value is -1.65. The molecule has 5 nitrogen and oxygen atoms in total. The van der Waals surface area contributed by atoms with Gasteiger partial charge in [-0.3, -0.25) is 9.59 Å². The second-order valence-corrected chi connectivity index (χ2v) is 4.43. The molecule has 0 saturated heterocycles. The molecular formula is C12H16N2O3. The number of hydrogen-bond donors (Lipinski definition) is 1. The number of carbonyl (C=O) groups is 2. The second kappa shape index (κ2) is 4.69. The number of oxazole rings is 1. The molecule has 1 N–H and O–H groups in total. The highest BCUT2D eigenvalue weighted by Crippen LogP contribution is 2.16. The SMILES string of the molecule is Cc1nc(C)c(C(=O)NC2CCC(=O)CC2)o1. The van der Waals surface area contributed by atoms with Gasteiger partial charge < -0.3 is 9.73 Å². The predicted octanol–water partition coefficient (Wildman–Crippen LogP) is 1.53. The Morgan fingerprint density at radius 2 is 2.00 bits per heavy atom. The first-order valence-corrected chi connectivity index (χ1v) is 5.83. The van der Waals surface area contributed by atoms with E-state index >= 15 is 0 Å². The zero-order chi connectivity index (χ0) is 12.4. The van der Waals surface area contributed by atoms with Crippen LogP contribution in [-0.2, 0) is 4.79 Å². The van der Waals surface area contributed by atoms with Gasteiger partial charge in [-0.25, -0.2) is 4.98 Å². The van der Waals surface area contributed by atoms with Crippen molar-refractivity contribution in [3.05, 3.63) is 17.3 Å². The molecule has 5 heteroatoms. The summed E-state index contributed by atoms with van der Waals surface area (Å²) < 4.78 is 5.25. The molecule has 92 valence electrons. The van der Waals surface area contributed by atoms with E-state index in [1.807, 2.05) is 0 Å². The molecular weight excluding hydrogens is 220 g/mol. The normalized spacial score (nSPS) is 17.2. The Kier molecular flexibility index (Phi) is 3.26. The van der Waals surface area contributed by atoms with Gasteiger partial charge >= 0.3 is 0 Å². The third-order valence-corrected chi connectivity index (χ3v) is 2.99. The summed E-state index contributed by atoms with van der Waals surface area (Å²) in [4.78, 5) is 27.0. The molecule has 1 saturated carbocycles. The largest absolute Gasteiger partial charge is 0.436 e. The molecule has 0 aromatic carbocycles. The molecule has 1 aliphatic rings. The van der Waals surface area contributed by atoms with Crippen molar-refractivity contribution >= 4 is 11.7 Å². The molecule has 1 aromatic rings. The van der Waals surface area contributed by atoms with E-state index in [1.165, 1.54) is 0 Å². The van der Waals surface area contributed by atoms with Crippen LogP contribution in [-0.4, -0.2) is 22.7 Å². The molecule has 0 spiro atoms. The molecule has 1 aromatic heterocycles. The summed E-state index contributed by atoms with van der Waals surface area (Å²) in [7, 11) is 0. The number of ketones is 1. The number of hydrogen-bond acceptors (Lipinski definition) is 4. The smallest absolute Gasteiger partial charge is 0.289 e. The number of rotatable bonds is 2.